The summed E-state index contributed by atoms with van der Waals surface area (Å²) in [7, 11) is -1.27. The van der Waals surface area contributed by atoms with Gasteiger partial charge in [-0.3, -0.25) is 13.9 Å². The molecule has 1 N–H and O–H groups in total. The molecule has 2 amide bonds. The smallest absolute Gasteiger partial charge is 0.264 e. The molecule has 3 aromatic rings. The van der Waals surface area contributed by atoms with E-state index < -0.39 is 28.5 Å². The zero-order valence-corrected chi connectivity index (χ0v) is 26.3. The molecule has 0 fully saturated rings. The van der Waals surface area contributed by atoms with Crippen LogP contribution >= 0.6 is 15.9 Å². The fourth-order valence-corrected chi connectivity index (χ4v) is 5.78. The van der Waals surface area contributed by atoms with E-state index in [1.165, 1.54) is 37.3 Å². The van der Waals surface area contributed by atoms with Gasteiger partial charge in [0.1, 0.15) is 12.6 Å². The third kappa shape index (κ3) is 8.01. The Morgan fingerprint density at radius 2 is 1.59 bits per heavy atom. The number of anilines is 1. The highest BCUT2D eigenvalue weighted by atomic mass is 79.9. The molecule has 1 atom stereocenters. The Bertz CT molecular complexity index is 1450. The van der Waals surface area contributed by atoms with Gasteiger partial charge in [-0.05, 0) is 62.2 Å². The number of ether oxygens (including phenoxy) is 2. The molecule has 0 spiro atoms. The third-order valence-corrected chi connectivity index (χ3v) is 8.84. The lowest BCUT2D eigenvalue weighted by atomic mass is 10.1. The number of amides is 2. The van der Waals surface area contributed by atoms with E-state index in [0.717, 1.165) is 26.3 Å². The normalized spacial score (nSPS) is 11.9. The van der Waals surface area contributed by atoms with Gasteiger partial charge in [0.15, 0.2) is 11.5 Å². The van der Waals surface area contributed by atoms with E-state index in [0.29, 0.717) is 18.0 Å². The van der Waals surface area contributed by atoms with Crippen molar-refractivity contribution in [1.29, 1.82) is 0 Å². The maximum atomic E-state index is 14.0. The Hall–Kier alpha value is -3.57. The Morgan fingerprint density at radius 1 is 0.951 bits per heavy atom. The van der Waals surface area contributed by atoms with Gasteiger partial charge in [-0.15, -0.1) is 0 Å². The number of nitrogens with zero attached hydrogens (tertiary/aromatic N) is 2. The van der Waals surface area contributed by atoms with Crippen LogP contribution in [0.1, 0.15) is 31.4 Å². The third-order valence-electron chi connectivity index (χ3n) is 6.53. The van der Waals surface area contributed by atoms with E-state index in [2.05, 4.69) is 21.2 Å². The Morgan fingerprint density at radius 3 is 2.17 bits per heavy atom. The molecule has 220 valence electrons. The van der Waals surface area contributed by atoms with Gasteiger partial charge in [0.2, 0.25) is 11.8 Å². The van der Waals surface area contributed by atoms with Crippen molar-refractivity contribution >= 4 is 43.5 Å². The van der Waals surface area contributed by atoms with Gasteiger partial charge in [0.25, 0.3) is 10.0 Å². The molecular weight excluding hydrogens is 610 g/mol. The molecule has 0 saturated heterocycles. The highest BCUT2D eigenvalue weighted by molar-refractivity contribution is 9.10. The Labute approximate surface area is 250 Å². The summed E-state index contributed by atoms with van der Waals surface area (Å²) in [5.74, 6) is -0.150. The van der Waals surface area contributed by atoms with Crippen LogP contribution in [0.25, 0.3) is 0 Å². The van der Waals surface area contributed by atoms with E-state index in [4.69, 9.17) is 9.47 Å². The Kier molecular flexibility index (Phi) is 11.2. The van der Waals surface area contributed by atoms with Crippen LogP contribution in [-0.2, 0) is 26.2 Å². The lowest BCUT2D eigenvalue weighted by molar-refractivity contribution is -0.139. The van der Waals surface area contributed by atoms with Crippen molar-refractivity contribution in [2.75, 3.05) is 31.6 Å². The molecule has 0 radical (unpaired) electrons. The fraction of sp³-hybridized carbons (Fsp3) is 0.333. The maximum Gasteiger partial charge on any atom is 0.264 e. The van der Waals surface area contributed by atoms with E-state index in [9.17, 15) is 18.0 Å². The zero-order valence-electron chi connectivity index (χ0n) is 23.9. The van der Waals surface area contributed by atoms with Gasteiger partial charge < -0.3 is 19.7 Å². The molecule has 3 aromatic carbocycles. The highest BCUT2D eigenvalue weighted by Gasteiger charge is 2.33. The summed E-state index contributed by atoms with van der Waals surface area (Å²) in [5, 5.41) is 2.83. The van der Waals surface area contributed by atoms with Gasteiger partial charge >= 0.3 is 0 Å². The van der Waals surface area contributed by atoms with Crippen molar-refractivity contribution in [2.24, 2.45) is 0 Å². The van der Waals surface area contributed by atoms with Gasteiger partial charge in [-0.1, -0.05) is 52.7 Å². The first-order valence-electron chi connectivity index (χ1n) is 13.1. The summed E-state index contributed by atoms with van der Waals surface area (Å²) in [6.45, 7) is 5.45. The van der Waals surface area contributed by atoms with Crippen molar-refractivity contribution < 1.29 is 27.5 Å². The summed E-state index contributed by atoms with van der Waals surface area (Å²) in [6, 6.07) is 17.6. The number of hydrogen-bond acceptors (Lipinski definition) is 6. The largest absolute Gasteiger partial charge is 0.493 e. The molecule has 0 aromatic heterocycles. The highest BCUT2D eigenvalue weighted by Crippen LogP contribution is 2.34. The average Bonchev–Trinajstić information content (AvgIpc) is 2.97. The van der Waals surface area contributed by atoms with E-state index in [1.54, 1.807) is 31.2 Å². The lowest BCUT2D eigenvalue weighted by Crippen LogP contribution is -2.51. The summed E-state index contributed by atoms with van der Waals surface area (Å²) < 4.78 is 40.6. The number of carbonyl (C=O) groups is 2. The summed E-state index contributed by atoms with van der Waals surface area (Å²) in [5.41, 5.74) is 1.89. The van der Waals surface area contributed by atoms with Gasteiger partial charge in [-0.2, -0.15) is 0 Å². The molecule has 0 aliphatic carbocycles. The number of methoxy groups -OCH3 is 2. The van der Waals surface area contributed by atoms with Crippen LogP contribution in [0.2, 0.25) is 0 Å². The van der Waals surface area contributed by atoms with E-state index >= 15 is 0 Å². The molecule has 0 aliphatic heterocycles. The molecule has 3 rings (SSSR count). The number of benzene rings is 3. The van der Waals surface area contributed by atoms with Crippen LogP contribution in [-0.4, -0.2) is 58.5 Å². The second kappa shape index (κ2) is 14.4. The standard InChI is InChI=1S/C30H36BrN3O6S/c1-6-17-32-30(36)22(3)33(19-23-9-11-24(31)12-10-23)29(35)20-34(25-13-16-27(39-4)28(18-25)40-5)41(37,38)26-14-7-21(2)8-15-26/h7-16,18,22H,6,17,19-20H2,1-5H3,(H,32,36). The molecule has 41 heavy (non-hydrogen) atoms. The average molecular weight is 647 g/mol. The molecule has 0 bridgehead atoms. The first-order valence-corrected chi connectivity index (χ1v) is 15.4. The zero-order chi connectivity index (χ0) is 30.2. The van der Waals surface area contributed by atoms with Crippen LogP contribution in [0.4, 0.5) is 5.69 Å². The molecule has 11 heteroatoms. The molecule has 9 nitrogen and oxygen atoms in total. The van der Waals surface area contributed by atoms with Crippen molar-refractivity contribution in [3.63, 3.8) is 0 Å². The van der Waals surface area contributed by atoms with Crippen molar-refractivity contribution in [2.45, 2.75) is 44.7 Å². The summed E-state index contributed by atoms with van der Waals surface area (Å²) in [6.07, 6.45) is 0.737. The molecule has 0 saturated carbocycles. The molecule has 0 heterocycles. The van der Waals surface area contributed by atoms with Gasteiger partial charge in [0.05, 0.1) is 24.8 Å². The predicted octanol–water partition coefficient (Wildman–Crippen LogP) is 4.91. The van der Waals surface area contributed by atoms with Crippen molar-refractivity contribution in [3.8, 4) is 11.5 Å². The predicted molar refractivity (Wildman–Crippen MR) is 163 cm³/mol. The minimum absolute atomic E-state index is 0.0267. The van der Waals surface area contributed by atoms with Gasteiger partial charge in [0, 0.05) is 23.6 Å². The van der Waals surface area contributed by atoms with Gasteiger partial charge in [-0.25, -0.2) is 8.42 Å². The molecule has 1 unspecified atom stereocenters. The quantitative estimate of drug-likeness (QED) is 0.283. The van der Waals surface area contributed by atoms with E-state index in [-0.39, 0.29) is 23.0 Å². The van der Waals surface area contributed by atoms with Crippen LogP contribution < -0.4 is 19.1 Å². The number of nitrogens with one attached hydrogen (secondary N) is 1. The van der Waals surface area contributed by atoms with E-state index in [1.807, 2.05) is 38.1 Å². The Balaban J connectivity index is 2.07. The van der Waals surface area contributed by atoms with Crippen LogP contribution in [0.5, 0.6) is 11.5 Å². The topological polar surface area (TPSA) is 105 Å². The minimum Gasteiger partial charge on any atom is -0.493 e. The number of hydrogen-bond donors (Lipinski definition) is 1. The number of rotatable bonds is 13. The van der Waals surface area contributed by atoms with Crippen molar-refractivity contribution in [3.05, 3.63) is 82.3 Å². The fourth-order valence-electron chi connectivity index (χ4n) is 4.11. The maximum absolute atomic E-state index is 14.0. The lowest BCUT2D eigenvalue weighted by Gasteiger charge is -2.32. The van der Waals surface area contributed by atoms with Crippen molar-refractivity contribution in [1.82, 2.24) is 10.2 Å². The second-order valence-electron chi connectivity index (χ2n) is 9.48. The summed E-state index contributed by atoms with van der Waals surface area (Å²) >= 11 is 3.41. The number of sulfonamides is 1. The van der Waals surface area contributed by atoms with Crippen LogP contribution in [0.15, 0.2) is 76.1 Å². The molecular formula is C30H36BrN3O6S. The summed E-state index contributed by atoms with van der Waals surface area (Å²) in [4.78, 5) is 28.4. The minimum atomic E-state index is -4.20. The number of aryl methyl sites for hydroxylation is 1. The number of carbonyl (C=O) groups excluding carboxylic acids is 2. The first kappa shape index (κ1) is 32.0. The first-order chi connectivity index (χ1) is 19.5. The number of halogens is 1. The van der Waals surface area contributed by atoms with Crippen LogP contribution in [0.3, 0.4) is 0 Å². The molecule has 0 aliphatic rings. The van der Waals surface area contributed by atoms with Crippen LogP contribution in [0, 0.1) is 6.92 Å². The SMILES string of the molecule is CCCNC(=O)C(C)N(Cc1ccc(Br)cc1)C(=O)CN(c1ccc(OC)c(OC)c1)S(=O)(=O)c1ccc(C)cc1. The second-order valence-corrected chi connectivity index (χ2v) is 12.3. The monoisotopic (exact) mass is 645 g/mol.